The third-order valence-corrected chi connectivity index (χ3v) is 7.14. The number of benzene rings is 2. The van der Waals surface area contributed by atoms with Gasteiger partial charge in [0.05, 0.1) is 12.7 Å². The molecular formula is C30H32N6O3. The highest BCUT2D eigenvalue weighted by Gasteiger charge is 2.26. The highest BCUT2D eigenvalue weighted by molar-refractivity contribution is 6.04. The number of nitrogens with zero attached hydrogens (tertiary/aromatic N) is 3. The molecule has 0 aliphatic carbocycles. The molecule has 0 saturated heterocycles. The second-order valence-electron chi connectivity index (χ2n) is 10.0. The van der Waals surface area contributed by atoms with Crippen molar-refractivity contribution < 1.29 is 14.3 Å². The van der Waals surface area contributed by atoms with E-state index in [1.165, 1.54) is 24.4 Å². The van der Waals surface area contributed by atoms with E-state index < -0.39 is 5.91 Å². The van der Waals surface area contributed by atoms with Crippen LogP contribution in [0.2, 0.25) is 0 Å². The summed E-state index contributed by atoms with van der Waals surface area (Å²) in [6, 6.07) is 13.8. The number of nitrogens with one attached hydrogen (secondary N) is 2. The quantitative estimate of drug-likeness (QED) is 0.322. The van der Waals surface area contributed by atoms with E-state index in [0.29, 0.717) is 47.4 Å². The Labute approximate surface area is 227 Å². The Balaban J connectivity index is 1.41. The maximum atomic E-state index is 12.7. The molecule has 2 aromatic heterocycles. The predicted molar refractivity (Wildman–Crippen MR) is 150 cm³/mol. The summed E-state index contributed by atoms with van der Waals surface area (Å²) in [6.45, 7) is 7.25. The predicted octanol–water partition coefficient (Wildman–Crippen LogP) is 4.71. The van der Waals surface area contributed by atoms with Gasteiger partial charge in [-0.15, -0.1) is 0 Å². The van der Waals surface area contributed by atoms with Gasteiger partial charge in [0, 0.05) is 36.7 Å². The van der Waals surface area contributed by atoms with Crippen LogP contribution in [0.1, 0.15) is 62.7 Å². The molecule has 4 aromatic rings. The maximum Gasteiger partial charge on any atom is 0.256 e. The first kappa shape index (κ1) is 26.0. The first-order valence-electron chi connectivity index (χ1n) is 12.9. The minimum atomic E-state index is -0.541. The molecular weight excluding hydrogens is 492 g/mol. The van der Waals surface area contributed by atoms with Gasteiger partial charge in [0.25, 0.3) is 11.8 Å². The molecule has 1 aliphatic rings. The van der Waals surface area contributed by atoms with Crippen molar-refractivity contribution in [3.63, 3.8) is 0 Å². The molecule has 1 aliphatic heterocycles. The summed E-state index contributed by atoms with van der Waals surface area (Å²) in [7, 11) is 1.52. The van der Waals surface area contributed by atoms with Gasteiger partial charge in [0.15, 0.2) is 0 Å². The smallest absolute Gasteiger partial charge is 0.256 e. The van der Waals surface area contributed by atoms with Gasteiger partial charge in [-0.05, 0) is 59.7 Å². The van der Waals surface area contributed by atoms with Crippen molar-refractivity contribution in [3.8, 4) is 17.0 Å². The van der Waals surface area contributed by atoms with Crippen LogP contribution in [-0.2, 0) is 19.5 Å². The monoisotopic (exact) mass is 524 g/mol. The summed E-state index contributed by atoms with van der Waals surface area (Å²) < 4.78 is 7.09. The number of amides is 2. The number of ether oxygens (including phenoxy) is 1. The second-order valence-corrected chi connectivity index (χ2v) is 10.0. The summed E-state index contributed by atoms with van der Waals surface area (Å²) in [6.07, 6.45) is 3.84. The Hall–Kier alpha value is -4.66. The highest BCUT2D eigenvalue weighted by atomic mass is 16.5. The Morgan fingerprint density at radius 3 is 2.72 bits per heavy atom. The van der Waals surface area contributed by atoms with Crippen LogP contribution in [0, 0.1) is 6.92 Å². The summed E-state index contributed by atoms with van der Waals surface area (Å²) >= 11 is 0. The summed E-state index contributed by atoms with van der Waals surface area (Å²) in [5.74, 6) is 0.684. The summed E-state index contributed by atoms with van der Waals surface area (Å²) in [5, 5.41) is 11.2. The van der Waals surface area contributed by atoms with Crippen LogP contribution < -0.4 is 21.1 Å². The van der Waals surface area contributed by atoms with E-state index >= 15 is 0 Å². The zero-order chi connectivity index (χ0) is 27.7. The lowest BCUT2D eigenvalue weighted by Gasteiger charge is -2.13. The van der Waals surface area contributed by atoms with E-state index in [1.54, 1.807) is 12.3 Å². The lowest BCUT2D eigenvalue weighted by molar-refractivity contribution is 0.0946. The van der Waals surface area contributed by atoms with Crippen molar-refractivity contribution in [2.75, 3.05) is 12.4 Å². The van der Waals surface area contributed by atoms with Gasteiger partial charge in [0.1, 0.15) is 22.8 Å². The number of nitrogens with two attached hydrogens (primary N) is 1. The number of methoxy groups -OCH3 is 1. The number of aryl methyl sites for hydroxylation is 3. The zero-order valence-electron chi connectivity index (χ0n) is 22.5. The fourth-order valence-corrected chi connectivity index (χ4v) is 4.88. The lowest BCUT2D eigenvalue weighted by atomic mass is 9.98. The molecule has 3 heterocycles. The molecule has 0 radical (unpaired) electrons. The first-order valence-corrected chi connectivity index (χ1v) is 12.9. The minimum Gasteiger partial charge on any atom is -0.496 e. The molecule has 0 fully saturated rings. The highest BCUT2D eigenvalue weighted by Crippen LogP contribution is 2.35. The number of pyridine rings is 1. The van der Waals surface area contributed by atoms with E-state index in [9.17, 15) is 9.59 Å². The summed E-state index contributed by atoms with van der Waals surface area (Å²) in [5.41, 5.74) is 13.2. The van der Waals surface area contributed by atoms with Gasteiger partial charge in [-0.2, -0.15) is 5.10 Å². The van der Waals surface area contributed by atoms with Gasteiger partial charge in [0.2, 0.25) is 0 Å². The van der Waals surface area contributed by atoms with Crippen LogP contribution in [0.5, 0.6) is 5.75 Å². The average Bonchev–Trinajstić information content (AvgIpc) is 3.20. The molecule has 200 valence electrons. The Morgan fingerprint density at radius 2 is 2.00 bits per heavy atom. The van der Waals surface area contributed by atoms with Crippen LogP contribution in [0.4, 0.5) is 11.5 Å². The molecule has 0 atom stereocenters. The summed E-state index contributed by atoms with van der Waals surface area (Å²) in [4.78, 5) is 29.4. The number of hydrogen-bond acceptors (Lipinski definition) is 6. The number of aromatic nitrogens is 3. The molecule has 0 unspecified atom stereocenters. The van der Waals surface area contributed by atoms with Gasteiger partial charge < -0.3 is 21.1 Å². The van der Waals surface area contributed by atoms with Crippen LogP contribution in [0.15, 0.2) is 54.9 Å². The van der Waals surface area contributed by atoms with E-state index in [0.717, 1.165) is 28.8 Å². The fraction of sp³-hybridized carbons (Fsp3) is 0.267. The van der Waals surface area contributed by atoms with E-state index in [2.05, 4.69) is 47.7 Å². The second kappa shape index (κ2) is 10.6. The maximum absolute atomic E-state index is 12.7. The number of fused-ring (bicyclic) bond motifs is 2. The van der Waals surface area contributed by atoms with Crippen LogP contribution in [-0.4, -0.2) is 33.7 Å². The number of carbonyl (C=O) groups excluding carboxylic acids is 2. The molecule has 9 heteroatoms. The number of hydrogen-bond donors (Lipinski definition) is 3. The zero-order valence-corrected chi connectivity index (χ0v) is 22.5. The van der Waals surface area contributed by atoms with Gasteiger partial charge in [-0.25, -0.2) is 4.68 Å². The molecule has 2 aromatic carbocycles. The SMILES string of the molecule is COc1ccncc1C(=O)NCc1ccc(-c2nn3c(c2C(N)=O)Nc2ccc(C(C)C)cc2CC3)cc1C. The number of carbonyl (C=O) groups is 2. The topological polar surface area (TPSA) is 124 Å². The first-order chi connectivity index (χ1) is 18.8. The molecule has 4 N–H and O–H groups in total. The van der Waals surface area contributed by atoms with Crippen molar-refractivity contribution >= 4 is 23.3 Å². The number of anilines is 2. The minimum absolute atomic E-state index is 0.274. The number of primary amides is 1. The molecule has 0 saturated carbocycles. The van der Waals surface area contributed by atoms with Crippen molar-refractivity contribution in [2.24, 2.45) is 5.73 Å². The van der Waals surface area contributed by atoms with Crippen molar-refractivity contribution in [3.05, 3.63) is 88.2 Å². The van der Waals surface area contributed by atoms with Gasteiger partial charge in [-0.1, -0.05) is 38.1 Å². The van der Waals surface area contributed by atoms with Crippen LogP contribution in [0.3, 0.4) is 0 Å². The molecule has 0 spiro atoms. The van der Waals surface area contributed by atoms with E-state index in [-0.39, 0.29) is 5.91 Å². The van der Waals surface area contributed by atoms with Crippen LogP contribution in [0.25, 0.3) is 11.3 Å². The van der Waals surface area contributed by atoms with E-state index in [1.807, 2.05) is 29.8 Å². The lowest BCUT2D eigenvalue weighted by Crippen LogP contribution is -2.24. The van der Waals surface area contributed by atoms with Crippen molar-refractivity contribution in [1.29, 1.82) is 0 Å². The number of rotatable bonds is 7. The third kappa shape index (κ3) is 5.07. The van der Waals surface area contributed by atoms with Crippen molar-refractivity contribution in [1.82, 2.24) is 20.1 Å². The largest absolute Gasteiger partial charge is 0.496 e. The standard InChI is InChI=1S/C30H32N6O3/c1-17(2)19-7-8-24-20(14-19)10-12-36-29(34-24)26(28(31)37)27(35-36)21-5-6-22(18(3)13-21)15-33-30(38)23-16-32-11-9-25(23)39-4/h5-9,11,13-14,16-17,34H,10,12,15H2,1-4H3,(H2,31,37)(H,33,38). The third-order valence-electron chi connectivity index (χ3n) is 7.14. The van der Waals surface area contributed by atoms with E-state index in [4.69, 9.17) is 15.6 Å². The fourth-order valence-electron chi connectivity index (χ4n) is 4.88. The van der Waals surface area contributed by atoms with Gasteiger partial charge >= 0.3 is 0 Å². The molecule has 9 nitrogen and oxygen atoms in total. The molecule has 2 amide bonds. The Morgan fingerprint density at radius 1 is 1.18 bits per heavy atom. The van der Waals surface area contributed by atoms with Gasteiger partial charge in [-0.3, -0.25) is 14.6 Å². The van der Waals surface area contributed by atoms with Crippen LogP contribution >= 0.6 is 0 Å². The molecule has 5 rings (SSSR count). The molecule has 0 bridgehead atoms. The molecule has 39 heavy (non-hydrogen) atoms. The van der Waals surface area contributed by atoms with Crippen molar-refractivity contribution in [2.45, 2.75) is 46.2 Å². The average molecular weight is 525 g/mol. The normalized spacial score (nSPS) is 12.2. The Bertz CT molecular complexity index is 1570. The Kier molecular flexibility index (Phi) is 7.06.